The summed E-state index contributed by atoms with van der Waals surface area (Å²) in [4.78, 5) is 0. The lowest BCUT2D eigenvalue weighted by atomic mass is 10.1. The number of nitrogens with one attached hydrogen (secondary N) is 1. The molecule has 0 spiro atoms. The average molecular weight is 286 g/mol. The Labute approximate surface area is 106 Å². The van der Waals surface area contributed by atoms with Crippen LogP contribution in [0.2, 0.25) is 0 Å². The van der Waals surface area contributed by atoms with E-state index in [0.717, 1.165) is 10.4 Å². The molecule has 0 aromatic carbocycles. The molecule has 2 nitrogen and oxygen atoms in total. The van der Waals surface area contributed by atoms with Crippen molar-refractivity contribution in [2.75, 3.05) is 0 Å². The van der Waals surface area contributed by atoms with Crippen LogP contribution in [0.4, 0.5) is 0 Å². The number of hydrogen-bond acceptors (Lipinski definition) is 2. The molecule has 0 amide bonds. The van der Waals surface area contributed by atoms with Gasteiger partial charge in [0.25, 0.3) is 0 Å². The predicted molar refractivity (Wildman–Crippen MR) is 69.4 cm³/mol. The summed E-state index contributed by atoms with van der Waals surface area (Å²) in [5.41, 5.74) is 0. The molecule has 90 valence electrons. The maximum absolute atomic E-state index is 5.57. The molecule has 0 radical (unpaired) electrons. The molecule has 3 heteroatoms. The van der Waals surface area contributed by atoms with Gasteiger partial charge in [0.2, 0.25) is 0 Å². The first-order valence-corrected chi connectivity index (χ1v) is 7.06. The molecule has 1 heterocycles. The molecule has 1 atom stereocenters. The van der Waals surface area contributed by atoms with Gasteiger partial charge in [0.05, 0.1) is 6.04 Å². The average Bonchev–Trinajstić information content (AvgIpc) is 2.54. The Balaban J connectivity index is 1.88. The normalized spacial score (nSPS) is 20.6. The number of halogens is 1. The molecule has 16 heavy (non-hydrogen) atoms. The summed E-state index contributed by atoms with van der Waals surface area (Å²) in [5, 5.41) is 3.67. The van der Waals surface area contributed by atoms with E-state index in [1.807, 2.05) is 12.1 Å². The van der Waals surface area contributed by atoms with Crippen molar-refractivity contribution in [3.05, 3.63) is 22.6 Å². The molecule has 1 aromatic rings. The monoisotopic (exact) mass is 285 g/mol. The molecule has 1 N–H and O–H groups in total. The van der Waals surface area contributed by atoms with Crippen molar-refractivity contribution < 1.29 is 4.42 Å². The second-order valence-electron chi connectivity index (χ2n) is 4.72. The van der Waals surface area contributed by atoms with Gasteiger partial charge >= 0.3 is 0 Å². The van der Waals surface area contributed by atoms with Crippen molar-refractivity contribution in [2.45, 2.75) is 57.5 Å². The third kappa shape index (κ3) is 3.36. The van der Waals surface area contributed by atoms with Crippen LogP contribution in [-0.4, -0.2) is 6.04 Å². The standard InChI is InChI=1S/C13H20BrNO/c1-10(12-8-9-13(14)16-12)15-11-6-4-2-3-5-7-11/h8-11,15H,2-7H2,1H3. The van der Waals surface area contributed by atoms with Gasteiger partial charge in [-0.15, -0.1) is 0 Å². The van der Waals surface area contributed by atoms with Gasteiger partial charge in [-0.2, -0.15) is 0 Å². The molecule has 1 aromatic heterocycles. The lowest BCUT2D eigenvalue weighted by Crippen LogP contribution is -2.30. The minimum absolute atomic E-state index is 0.314. The lowest BCUT2D eigenvalue weighted by molar-refractivity contribution is 0.361. The van der Waals surface area contributed by atoms with Gasteiger partial charge in [0.1, 0.15) is 5.76 Å². The van der Waals surface area contributed by atoms with Crippen LogP contribution in [0.3, 0.4) is 0 Å². The van der Waals surface area contributed by atoms with E-state index in [0.29, 0.717) is 12.1 Å². The van der Waals surface area contributed by atoms with Gasteiger partial charge in [0.15, 0.2) is 4.67 Å². The number of hydrogen-bond donors (Lipinski definition) is 1. The molecule has 0 aliphatic heterocycles. The Morgan fingerprint density at radius 1 is 1.25 bits per heavy atom. The summed E-state index contributed by atoms with van der Waals surface area (Å²) in [6, 6.07) is 4.98. The highest BCUT2D eigenvalue weighted by molar-refractivity contribution is 9.10. The van der Waals surface area contributed by atoms with Crippen molar-refractivity contribution in [3.63, 3.8) is 0 Å². The van der Waals surface area contributed by atoms with Crippen molar-refractivity contribution in [1.82, 2.24) is 5.32 Å². The molecule has 0 bridgehead atoms. The van der Waals surface area contributed by atoms with Crippen LogP contribution < -0.4 is 5.32 Å². The highest BCUT2D eigenvalue weighted by Crippen LogP contribution is 2.23. The Hall–Kier alpha value is -0.280. The molecule has 0 saturated heterocycles. The van der Waals surface area contributed by atoms with Crippen molar-refractivity contribution in [3.8, 4) is 0 Å². The second kappa shape index (κ2) is 5.87. The molecular formula is C13H20BrNO. The van der Waals surface area contributed by atoms with E-state index in [9.17, 15) is 0 Å². The fraction of sp³-hybridized carbons (Fsp3) is 0.692. The smallest absolute Gasteiger partial charge is 0.169 e. The predicted octanol–water partition coefficient (Wildman–Crippen LogP) is 4.42. The van der Waals surface area contributed by atoms with Gasteiger partial charge in [-0.3, -0.25) is 0 Å². The summed E-state index contributed by atoms with van der Waals surface area (Å²) >= 11 is 3.34. The van der Waals surface area contributed by atoms with Gasteiger partial charge < -0.3 is 9.73 Å². The third-order valence-electron chi connectivity index (χ3n) is 3.36. The van der Waals surface area contributed by atoms with Gasteiger partial charge in [-0.1, -0.05) is 25.7 Å². The highest BCUT2D eigenvalue weighted by atomic mass is 79.9. The molecular weight excluding hydrogens is 266 g/mol. The van der Waals surface area contributed by atoms with E-state index in [4.69, 9.17) is 4.42 Å². The Bertz CT molecular complexity index is 315. The first-order valence-electron chi connectivity index (χ1n) is 6.27. The first-order chi connectivity index (χ1) is 7.75. The first kappa shape index (κ1) is 12.2. The maximum atomic E-state index is 5.57. The van der Waals surface area contributed by atoms with Crippen LogP contribution in [0.1, 0.15) is 57.3 Å². The van der Waals surface area contributed by atoms with Crippen molar-refractivity contribution >= 4 is 15.9 Å². The zero-order chi connectivity index (χ0) is 11.4. The van der Waals surface area contributed by atoms with E-state index in [-0.39, 0.29) is 0 Å². The lowest BCUT2D eigenvalue weighted by Gasteiger charge is -2.20. The summed E-state index contributed by atoms with van der Waals surface area (Å²) in [6.45, 7) is 2.18. The van der Waals surface area contributed by atoms with Crippen LogP contribution in [-0.2, 0) is 0 Å². The van der Waals surface area contributed by atoms with Crippen LogP contribution >= 0.6 is 15.9 Å². The van der Waals surface area contributed by atoms with Gasteiger partial charge in [0, 0.05) is 6.04 Å². The largest absolute Gasteiger partial charge is 0.453 e. The number of furan rings is 1. The minimum Gasteiger partial charge on any atom is -0.453 e. The van der Waals surface area contributed by atoms with Gasteiger partial charge in [-0.05, 0) is 47.8 Å². The molecule has 1 saturated carbocycles. The fourth-order valence-corrected chi connectivity index (χ4v) is 2.76. The zero-order valence-electron chi connectivity index (χ0n) is 9.84. The Kier molecular flexibility index (Phi) is 4.47. The topological polar surface area (TPSA) is 25.2 Å². The second-order valence-corrected chi connectivity index (χ2v) is 5.50. The van der Waals surface area contributed by atoms with Crippen LogP contribution in [0.15, 0.2) is 21.2 Å². The van der Waals surface area contributed by atoms with Crippen LogP contribution in [0, 0.1) is 0 Å². The third-order valence-corrected chi connectivity index (χ3v) is 3.79. The zero-order valence-corrected chi connectivity index (χ0v) is 11.4. The van der Waals surface area contributed by atoms with E-state index in [2.05, 4.69) is 28.2 Å². The molecule has 1 fully saturated rings. The van der Waals surface area contributed by atoms with Crippen molar-refractivity contribution in [2.24, 2.45) is 0 Å². The summed E-state index contributed by atoms with van der Waals surface area (Å²) < 4.78 is 6.39. The summed E-state index contributed by atoms with van der Waals surface area (Å²) in [7, 11) is 0. The molecule has 1 aliphatic rings. The van der Waals surface area contributed by atoms with E-state index >= 15 is 0 Å². The maximum Gasteiger partial charge on any atom is 0.169 e. The fourth-order valence-electron chi connectivity index (χ4n) is 2.44. The Morgan fingerprint density at radius 2 is 1.94 bits per heavy atom. The van der Waals surface area contributed by atoms with Crippen molar-refractivity contribution in [1.29, 1.82) is 0 Å². The SMILES string of the molecule is CC(NC1CCCCCC1)c1ccc(Br)o1. The highest BCUT2D eigenvalue weighted by Gasteiger charge is 2.17. The van der Waals surface area contributed by atoms with Crippen LogP contribution in [0.25, 0.3) is 0 Å². The molecule has 1 aliphatic carbocycles. The Morgan fingerprint density at radius 3 is 2.50 bits per heavy atom. The van der Waals surface area contributed by atoms with Gasteiger partial charge in [-0.25, -0.2) is 0 Å². The number of rotatable bonds is 3. The minimum atomic E-state index is 0.314. The van der Waals surface area contributed by atoms with E-state index in [1.54, 1.807) is 0 Å². The van der Waals surface area contributed by atoms with E-state index in [1.165, 1.54) is 38.5 Å². The summed E-state index contributed by atoms with van der Waals surface area (Å²) in [5.74, 6) is 1.02. The van der Waals surface area contributed by atoms with Crippen LogP contribution in [0.5, 0.6) is 0 Å². The summed E-state index contributed by atoms with van der Waals surface area (Å²) in [6.07, 6.45) is 8.16. The van der Waals surface area contributed by atoms with E-state index < -0.39 is 0 Å². The quantitative estimate of drug-likeness (QED) is 0.832. The molecule has 1 unspecified atom stereocenters. The molecule has 2 rings (SSSR count).